The van der Waals surface area contributed by atoms with E-state index in [-0.39, 0.29) is 11.5 Å². The van der Waals surface area contributed by atoms with Crippen LogP contribution >= 0.6 is 22.6 Å². The van der Waals surface area contributed by atoms with Crippen molar-refractivity contribution >= 4 is 22.6 Å². The lowest BCUT2D eigenvalue weighted by Crippen LogP contribution is -2.35. The number of rotatable bonds is 4. The molecule has 0 saturated carbocycles. The molecule has 0 bridgehead atoms. The molecule has 0 amide bonds. The van der Waals surface area contributed by atoms with Gasteiger partial charge in [0, 0.05) is 5.41 Å². The van der Waals surface area contributed by atoms with E-state index in [1.54, 1.807) is 0 Å². The third-order valence-corrected chi connectivity index (χ3v) is 5.26. The zero-order valence-corrected chi connectivity index (χ0v) is 12.9. The second-order valence-corrected chi connectivity index (χ2v) is 6.06. The summed E-state index contributed by atoms with van der Waals surface area (Å²) in [5, 5.41) is 0. The number of halogens is 1. The summed E-state index contributed by atoms with van der Waals surface area (Å²) in [7, 11) is 0. The number of allylic oxidation sites excluding steroid dienone is 1. The summed E-state index contributed by atoms with van der Waals surface area (Å²) in [4.78, 5) is 0. The van der Waals surface area contributed by atoms with Crippen molar-refractivity contribution in [3.63, 3.8) is 0 Å². The molecule has 0 heterocycles. The van der Waals surface area contributed by atoms with Crippen molar-refractivity contribution in [1.82, 2.24) is 0 Å². The first-order valence-corrected chi connectivity index (χ1v) is 7.40. The zero-order chi connectivity index (χ0) is 13.0. The van der Waals surface area contributed by atoms with Crippen LogP contribution in [0.2, 0.25) is 0 Å². The minimum atomic E-state index is -0.0341. The summed E-state index contributed by atoms with van der Waals surface area (Å²) in [6.07, 6.45) is 6.72. The Labute approximate surface area is 123 Å². The van der Waals surface area contributed by atoms with E-state index < -0.39 is 0 Å². The molecule has 2 heteroatoms. The van der Waals surface area contributed by atoms with E-state index in [1.165, 1.54) is 9.14 Å². The predicted octanol–water partition coefficient (Wildman–Crippen LogP) is 4.88. The van der Waals surface area contributed by atoms with E-state index in [0.717, 1.165) is 12.8 Å². The van der Waals surface area contributed by atoms with E-state index >= 15 is 0 Å². The average Bonchev–Trinajstić information content (AvgIpc) is 2.41. The van der Waals surface area contributed by atoms with Crippen molar-refractivity contribution in [1.29, 1.82) is 0 Å². The third kappa shape index (κ3) is 2.86. The minimum Gasteiger partial charge on any atom is -0.372 e. The van der Waals surface area contributed by atoms with Crippen LogP contribution in [0.4, 0.5) is 0 Å². The van der Waals surface area contributed by atoms with Crippen LogP contribution in [0.5, 0.6) is 0 Å². The van der Waals surface area contributed by atoms with Gasteiger partial charge in [-0.1, -0.05) is 42.5 Å². The van der Waals surface area contributed by atoms with Gasteiger partial charge in [0.15, 0.2) is 0 Å². The Kier molecular flexibility index (Phi) is 4.62. The van der Waals surface area contributed by atoms with Crippen LogP contribution in [0.25, 0.3) is 0 Å². The summed E-state index contributed by atoms with van der Waals surface area (Å²) in [6, 6.07) is 10.3. The molecule has 2 atom stereocenters. The van der Waals surface area contributed by atoms with E-state index in [9.17, 15) is 0 Å². The number of hydrogen-bond acceptors (Lipinski definition) is 1. The highest BCUT2D eigenvalue weighted by molar-refractivity contribution is 14.1. The molecule has 1 aromatic rings. The van der Waals surface area contributed by atoms with Gasteiger partial charge in [-0.3, -0.25) is 0 Å². The molecule has 0 spiro atoms. The molecule has 0 aliphatic heterocycles. The summed E-state index contributed by atoms with van der Waals surface area (Å²) in [5.74, 6) is 0. The van der Waals surface area contributed by atoms with Crippen LogP contribution in [0.15, 0.2) is 52.6 Å². The maximum absolute atomic E-state index is 6.13. The molecule has 1 nitrogen and oxygen atoms in total. The first kappa shape index (κ1) is 13.8. The molecule has 0 fully saturated rings. The Bertz CT molecular complexity index is 438. The highest BCUT2D eigenvalue weighted by Gasteiger charge is 2.36. The van der Waals surface area contributed by atoms with Gasteiger partial charge < -0.3 is 4.74 Å². The lowest BCUT2D eigenvalue weighted by atomic mass is 9.78. The Morgan fingerprint density at radius 1 is 1.44 bits per heavy atom. The maximum Gasteiger partial charge on any atom is 0.0721 e. The molecule has 0 aromatic heterocycles. The fourth-order valence-electron chi connectivity index (χ4n) is 2.29. The summed E-state index contributed by atoms with van der Waals surface area (Å²) >= 11 is 2.42. The Balaban J connectivity index is 2.05. The zero-order valence-electron chi connectivity index (χ0n) is 10.7. The quantitative estimate of drug-likeness (QED) is 0.553. The average molecular weight is 354 g/mol. The molecule has 0 radical (unpaired) electrons. The van der Waals surface area contributed by atoms with Crippen LogP contribution in [0.3, 0.4) is 0 Å². The van der Waals surface area contributed by atoms with Gasteiger partial charge in [0.05, 0.1) is 12.7 Å². The number of benzene rings is 1. The lowest BCUT2D eigenvalue weighted by Gasteiger charge is -2.38. The monoisotopic (exact) mass is 354 g/mol. The van der Waals surface area contributed by atoms with E-state index in [0.29, 0.717) is 6.61 Å². The lowest BCUT2D eigenvalue weighted by molar-refractivity contribution is -0.0148. The second kappa shape index (κ2) is 6.02. The summed E-state index contributed by atoms with van der Waals surface area (Å²) < 4.78 is 7.48. The number of ether oxygens (including phenoxy) is 1. The Morgan fingerprint density at radius 3 is 2.83 bits per heavy atom. The topological polar surface area (TPSA) is 9.23 Å². The van der Waals surface area contributed by atoms with Gasteiger partial charge in [-0.05, 0) is 51.5 Å². The molecule has 0 saturated heterocycles. The molecule has 96 valence electrons. The van der Waals surface area contributed by atoms with Crippen molar-refractivity contribution in [2.24, 2.45) is 5.41 Å². The Morgan fingerprint density at radius 2 is 2.17 bits per heavy atom. The highest BCUT2D eigenvalue weighted by Crippen LogP contribution is 2.43. The molecule has 1 aromatic carbocycles. The molecule has 2 rings (SSSR count). The smallest absolute Gasteiger partial charge is 0.0721 e. The summed E-state index contributed by atoms with van der Waals surface area (Å²) in [5.41, 5.74) is 1.20. The molecule has 0 N–H and O–H groups in total. The number of hydrogen-bond donors (Lipinski definition) is 0. The van der Waals surface area contributed by atoms with Crippen LogP contribution in [0.1, 0.15) is 25.3 Å². The van der Waals surface area contributed by atoms with Gasteiger partial charge in [-0.2, -0.15) is 0 Å². The van der Waals surface area contributed by atoms with Crippen molar-refractivity contribution in [2.75, 3.05) is 0 Å². The normalized spacial score (nSPS) is 27.7. The predicted molar refractivity (Wildman–Crippen MR) is 84.7 cm³/mol. The van der Waals surface area contributed by atoms with Crippen molar-refractivity contribution in [2.45, 2.75) is 32.5 Å². The largest absolute Gasteiger partial charge is 0.372 e. The van der Waals surface area contributed by atoms with Gasteiger partial charge in [0.1, 0.15) is 0 Å². The van der Waals surface area contributed by atoms with Crippen LogP contribution in [0, 0.1) is 5.41 Å². The van der Waals surface area contributed by atoms with Crippen LogP contribution < -0.4 is 0 Å². The van der Waals surface area contributed by atoms with Gasteiger partial charge in [0.25, 0.3) is 0 Å². The Hall–Kier alpha value is -0.610. The van der Waals surface area contributed by atoms with Crippen LogP contribution in [-0.2, 0) is 11.3 Å². The molecule has 0 unspecified atom stereocenters. The molecule has 1 aliphatic carbocycles. The molecule has 18 heavy (non-hydrogen) atoms. The van der Waals surface area contributed by atoms with Crippen molar-refractivity contribution in [3.8, 4) is 0 Å². The fourth-order valence-corrected chi connectivity index (χ4v) is 3.17. The van der Waals surface area contributed by atoms with Gasteiger partial charge in [-0.25, -0.2) is 0 Å². The van der Waals surface area contributed by atoms with Gasteiger partial charge in [-0.15, -0.1) is 6.58 Å². The fraction of sp³-hybridized carbons (Fsp3) is 0.375. The second-order valence-electron chi connectivity index (χ2n) is 4.90. The highest BCUT2D eigenvalue weighted by atomic mass is 127. The first-order valence-electron chi connectivity index (χ1n) is 6.32. The maximum atomic E-state index is 6.13. The SMILES string of the molecule is C=C[C@@]1(C)C(I)=CCC[C@@H]1OCc1ccccc1. The van der Waals surface area contributed by atoms with E-state index in [4.69, 9.17) is 4.74 Å². The first-order chi connectivity index (χ1) is 8.66. The van der Waals surface area contributed by atoms with Crippen molar-refractivity contribution in [3.05, 3.63) is 58.2 Å². The van der Waals surface area contributed by atoms with Crippen molar-refractivity contribution < 1.29 is 4.74 Å². The standard InChI is InChI=1S/C16H19IO/c1-3-16(2)14(17)10-7-11-15(16)18-12-13-8-5-4-6-9-13/h3-6,8-10,15H,1,7,11-12H2,2H3/t15-,16-/m0/s1. The van der Waals surface area contributed by atoms with Crippen LogP contribution in [-0.4, -0.2) is 6.10 Å². The van der Waals surface area contributed by atoms with E-state index in [1.807, 2.05) is 12.1 Å². The van der Waals surface area contributed by atoms with Gasteiger partial charge >= 0.3 is 0 Å². The summed E-state index contributed by atoms with van der Waals surface area (Å²) in [6.45, 7) is 6.88. The third-order valence-electron chi connectivity index (χ3n) is 3.65. The van der Waals surface area contributed by atoms with E-state index in [2.05, 4.69) is 66.4 Å². The minimum absolute atomic E-state index is 0.0341. The van der Waals surface area contributed by atoms with Gasteiger partial charge in [0.2, 0.25) is 0 Å². The molecule has 1 aliphatic rings. The molecular weight excluding hydrogens is 335 g/mol. The molecular formula is C16H19IO.